The van der Waals surface area contributed by atoms with Crippen LogP contribution in [0.4, 0.5) is 0 Å². The monoisotopic (exact) mass is 414 g/mol. The Morgan fingerprint density at radius 2 is 1.97 bits per heavy atom. The second-order valence-corrected chi connectivity index (χ2v) is 7.62. The third-order valence-corrected chi connectivity index (χ3v) is 4.91. The summed E-state index contributed by atoms with van der Waals surface area (Å²) in [6.45, 7) is 4.85. The number of furan rings is 1. The maximum Gasteiger partial charge on any atom is 0.257 e. The highest BCUT2D eigenvalue weighted by atomic mass is 32.2. The summed E-state index contributed by atoms with van der Waals surface area (Å²) in [6.07, 6.45) is 1.58. The average Bonchev–Trinajstić information content (AvgIpc) is 3.36. The highest BCUT2D eigenvalue weighted by Crippen LogP contribution is 2.25. The Kier molecular flexibility index (Phi) is 6.71. The van der Waals surface area contributed by atoms with E-state index in [1.807, 2.05) is 10.6 Å². The molecule has 0 saturated carbocycles. The zero-order valence-corrected chi connectivity index (χ0v) is 17.2. The third kappa shape index (κ3) is 5.26. The lowest BCUT2D eigenvalue weighted by Gasteiger charge is -2.11. The Bertz CT molecular complexity index is 965. The third-order valence-electron chi connectivity index (χ3n) is 3.94. The number of hydrogen-bond acceptors (Lipinski definition) is 7. The fourth-order valence-corrected chi connectivity index (χ4v) is 3.37. The molecule has 0 unspecified atom stereocenters. The molecular weight excluding hydrogens is 392 g/mol. The summed E-state index contributed by atoms with van der Waals surface area (Å²) in [5.41, 5.74) is 0.382. The molecule has 0 aliphatic carbocycles. The lowest BCUT2D eigenvalue weighted by molar-refractivity contribution is -0.117. The molecule has 0 aliphatic rings. The van der Waals surface area contributed by atoms with E-state index >= 15 is 0 Å². The van der Waals surface area contributed by atoms with Crippen molar-refractivity contribution in [3.63, 3.8) is 0 Å². The molecule has 0 spiro atoms. The number of carbonyl (C=O) groups is 2. The number of amides is 2. The van der Waals surface area contributed by atoms with Crippen LogP contribution in [-0.4, -0.2) is 39.4 Å². The van der Waals surface area contributed by atoms with Crippen LogP contribution in [0.5, 0.6) is 5.75 Å². The first-order valence-electron chi connectivity index (χ1n) is 9.06. The standard InChI is InChI=1S/C20H22N4O4S/c1-13(2)11-24-18(16-5-4-10-28-16)22-23-20(24)29-12-17(25)21-19(26)14-6-8-15(27-3)9-7-14/h4-10,13H,11-12H2,1-3H3,(H,21,25,26). The Morgan fingerprint density at radius 3 is 2.59 bits per heavy atom. The summed E-state index contributed by atoms with van der Waals surface area (Å²) >= 11 is 1.22. The van der Waals surface area contributed by atoms with Gasteiger partial charge in [0.15, 0.2) is 16.7 Å². The van der Waals surface area contributed by atoms with Gasteiger partial charge in [0.25, 0.3) is 5.91 Å². The molecule has 0 radical (unpaired) electrons. The van der Waals surface area contributed by atoms with Gasteiger partial charge in [-0.2, -0.15) is 0 Å². The van der Waals surface area contributed by atoms with Crippen molar-refractivity contribution in [2.75, 3.05) is 12.9 Å². The fourth-order valence-electron chi connectivity index (χ4n) is 2.62. The lowest BCUT2D eigenvalue weighted by Crippen LogP contribution is -2.31. The molecule has 29 heavy (non-hydrogen) atoms. The summed E-state index contributed by atoms with van der Waals surface area (Å²) in [7, 11) is 1.55. The predicted octanol–water partition coefficient (Wildman–Crippen LogP) is 3.25. The number of aromatic nitrogens is 3. The van der Waals surface area contributed by atoms with Gasteiger partial charge in [-0.15, -0.1) is 10.2 Å². The molecule has 0 bridgehead atoms. The van der Waals surface area contributed by atoms with E-state index in [1.54, 1.807) is 43.7 Å². The SMILES string of the molecule is COc1ccc(C(=O)NC(=O)CSc2nnc(-c3ccco3)n2CC(C)C)cc1. The van der Waals surface area contributed by atoms with Gasteiger partial charge in [-0.05, 0) is 42.3 Å². The minimum Gasteiger partial charge on any atom is -0.497 e. The number of thioether (sulfide) groups is 1. The molecule has 0 aliphatic heterocycles. The summed E-state index contributed by atoms with van der Waals surface area (Å²) in [5, 5.41) is 11.4. The van der Waals surface area contributed by atoms with E-state index in [0.717, 1.165) is 0 Å². The van der Waals surface area contributed by atoms with Crippen LogP contribution in [0.1, 0.15) is 24.2 Å². The lowest BCUT2D eigenvalue weighted by atomic mass is 10.2. The topological polar surface area (TPSA) is 99.2 Å². The van der Waals surface area contributed by atoms with Gasteiger partial charge < -0.3 is 9.15 Å². The Labute approximate surface area is 172 Å². The molecule has 0 fully saturated rings. The van der Waals surface area contributed by atoms with E-state index in [2.05, 4.69) is 29.4 Å². The van der Waals surface area contributed by atoms with E-state index in [9.17, 15) is 9.59 Å². The van der Waals surface area contributed by atoms with Gasteiger partial charge in [0.05, 0.1) is 19.1 Å². The van der Waals surface area contributed by atoms with Crippen molar-refractivity contribution in [3.8, 4) is 17.3 Å². The first kappa shape index (κ1) is 20.7. The first-order chi connectivity index (χ1) is 14.0. The van der Waals surface area contributed by atoms with E-state index in [1.165, 1.54) is 11.8 Å². The van der Waals surface area contributed by atoms with E-state index in [-0.39, 0.29) is 5.75 Å². The summed E-state index contributed by atoms with van der Waals surface area (Å²) < 4.78 is 12.4. The van der Waals surface area contributed by atoms with Crippen LogP contribution >= 0.6 is 11.8 Å². The van der Waals surface area contributed by atoms with Gasteiger partial charge in [-0.25, -0.2) is 0 Å². The number of rotatable bonds is 8. The fraction of sp³-hybridized carbons (Fsp3) is 0.300. The highest BCUT2D eigenvalue weighted by molar-refractivity contribution is 7.99. The van der Waals surface area contributed by atoms with Gasteiger partial charge in [0.1, 0.15) is 5.75 Å². The van der Waals surface area contributed by atoms with Crippen LogP contribution in [0.3, 0.4) is 0 Å². The second-order valence-electron chi connectivity index (χ2n) is 6.68. The van der Waals surface area contributed by atoms with Gasteiger partial charge in [0, 0.05) is 12.1 Å². The van der Waals surface area contributed by atoms with Crippen LogP contribution < -0.4 is 10.1 Å². The molecule has 2 amide bonds. The highest BCUT2D eigenvalue weighted by Gasteiger charge is 2.19. The number of carbonyl (C=O) groups excluding carboxylic acids is 2. The van der Waals surface area contributed by atoms with Crippen LogP contribution in [0, 0.1) is 5.92 Å². The molecule has 3 rings (SSSR count). The van der Waals surface area contributed by atoms with Crippen LogP contribution in [0.15, 0.2) is 52.2 Å². The average molecular weight is 414 g/mol. The smallest absolute Gasteiger partial charge is 0.257 e. The maximum absolute atomic E-state index is 12.2. The second kappa shape index (κ2) is 9.42. The van der Waals surface area contributed by atoms with Gasteiger partial charge in [0.2, 0.25) is 5.91 Å². The van der Waals surface area contributed by atoms with Gasteiger partial charge in [-0.1, -0.05) is 25.6 Å². The minimum atomic E-state index is -0.460. The Morgan fingerprint density at radius 1 is 1.21 bits per heavy atom. The van der Waals surface area contributed by atoms with Crippen LogP contribution in [0.2, 0.25) is 0 Å². The number of benzene rings is 1. The van der Waals surface area contributed by atoms with Gasteiger partial charge >= 0.3 is 0 Å². The van der Waals surface area contributed by atoms with E-state index in [0.29, 0.717) is 40.5 Å². The largest absolute Gasteiger partial charge is 0.497 e. The summed E-state index contributed by atoms with van der Waals surface area (Å²) in [6, 6.07) is 10.1. The zero-order valence-electron chi connectivity index (χ0n) is 16.4. The number of nitrogens with zero attached hydrogens (tertiary/aromatic N) is 3. The summed E-state index contributed by atoms with van der Waals surface area (Å²) in [4.78, 5) is 24.4. The number of ether oxygens (including phenoxy) is 1. The van der Waals surface area contributed by atoms with Crippen molar-refractivity contribution in [1.82, 2.24) is 20.1 Å². The van der Waals surface area contributed by atoms with Crippen molar-refractivity contribution >= 4 is 23.6 Å². The van der Waals surface area contributed by atoms with Crippen molar-refractivity contribution in [3.05, 3.63) is 48.2 Å². The first-order valence-corrected chi connectivity index (χ1v) is 10.0. The van der Waals surface area contributed by atoms with Crippen molar-refractivity contribution < 1.29 is 18.7 Å². The number of hydrogen-bond donors (Lipinski definition) is 1. The van der Waals surface area contributed by atoms with Crippen molar-refractivity contribution in [2.45, 2.75) is 25.5 Å². The molecule has 0 atom stereocenters. The molecule has 152 valence electrons. The maximum atomic E-state index is 12.2. The molecule has 2 aromatic heterocycles. The predicted molar refractivity (Wildman–Crippen MR) is 109 cm³/mol. The molecule has 1 N–H and O–H groups in total. The number of nitrogens with one attached hydrogen (secondary N) is 1. The Balaban J connectivity index is 1.64. The molecule has 8 nitrogen and oxygen atoms in total. The van der Waals surface area contributed by atoms with Crippen LogP contribution in [0.25, 0.3) is 11.6 Å². The molecule has 0 saturated heterocycles. The van der Waals surface area contributed by atoms with E-state index < -0.39 is 11.8 Å². The molecular formula is C20H22N4O4S. The zero-order chi connectivity index (χ0) is 20.8. The number of imide groups is 1. The number of methoxy groups -OCH3 is 1. The van der Waals surface area contributed by atoms with E-state index in [4.69, 9.17) is 9.15 Å². The van der Waals surface area contributed by atoms with Crippen molar-refractivity contribution in [1.29, 1.82) is 0 Å². The Hall–Kier alpha value is -3.07. The molecule has 2 heterocycles. The molecule has 3 aromatic rings. The quantitative estimate of drug-likeness (QED) is 0.565. The van der Waals surface area contributed by atoms with Crippen LogP contribution in [-0.2, 0) is 11.3 Å². The minimum absolute atomic E-state index is 0.0380. The van der Waals surface area contributed by atoms with Gasteiger partial charge in [-0.3, -0.25) is 19.5 Å². The summed E-state index contributed by atoms with van der Waals surface area (Å²) in [5.74, 6) is 1.39. The molecule has 9 heteroatoms. The molecule has 1 aromatic carbocycles. The van der Waals surface area contributed by atoms with Crippen molar-refractivity contribution in [2.24, 2.45) is 5.92 Å². The normalized spacial score (nSPS) is 10.9.